The Hall–Kier alpha value is -1.72. The summed E-state index contributed by atoms with van der Waals surface area (Å²) in [5, 5.41) is 12.5. The Bertz CT molecular complexity index is 647. The molecule has 0 saturated carbocycles. The third kappa shape index (κ3) is 3.00. The zero-order valence-corrected chi connectivity index (χ0v) is 12.0. The summed E-state index contributed by atoms with van der Waals surface area (Å²) in [6.45, 7) is 0. The first-order valence-corrected chi connectivity index (χ1v) is 6.50. The fourth-order valence-electron chi connectivity index (χ4n) is 1.60. The molecular formula is C13H10BrClN2O2. The Morgan fingerprint density at radius 3 is 2.63 bits per heavy atom. The number of anilines is 3. The van der Waals surface area contributed by atoms with E-state index in [2.05, 4.69) is 21.2 Å². The summed E-state index contributed by atoms with van der Waals surface area (Å²) in [4.78, 5) is 11.0. The van der Waals surface area contributed by atoms with E-state index < -0.39 is 5.97 Å². The summed E-state index contributed by atoms with van der Waals surface area (Å²) in [6, 6.07) is 10.1. The van der Waals surface area contributed by atoms with Crippen LogP contribution in [-0.2, 0) is 0 Å². The van der Waals surface area contributed by atoms with Gasteiger partial charge in [0.05, 0.1) is 27.6 Å². The minimum Gasteiger partial charge on any atom is -0.478 e. The van der Waals surface area contributed by atoms with Crippen molar-refractivity contribution in [2.75, 3.05) is 11.1 Å². The van der Waals surface area contributed by atoms with Gasteiger partial charge in [0.2, 0.25) is 0 Å². The molecule has 0 bridgehead atoms. The second kappa shape index (κ2) is 5.50. The van der Waals surface area contributed by atoms with E-state index in [1.807, 2.05) is 6.07 Å². The zero-order valence-electron chi connectivity index (χ0n) is 9.65. The van der Waals surface area contributed by atoms with Crippen LogP contribution in [0.4, 0.5) is 17.1 Å². The molecule has 2 rings (SSSR count). The molecule has 4 nitrogen and oxygen atoms in total. The molecule has 4 N–H and O–H groups in total. The first kappa shape index (κ1) is 13.7. The number of hydrogen-bond donors (Lipinski definition) is 3. The largest absolute Gasteiger partial charge is 0.478 e. The minimum atomic E-state index is -1.07. The molecule has 2 aromatic rings. The third-order valence-corrected chi connectivity index (χ3v) is 3.34. The number of nitrogens with one attached hydrogen (secondary N) is 1. The first-order valence-electron chi connectivity index (χ1n) is 5.33. The SMILES string of the molecule is Nc1c(Nc2ccc(Br)cc2Cl)cccc1C(=O)O. The molecule has 0 atom stereocenters. The lowest BCUT2D eigenvalue weighted by molar-refractivity contribution is 0.0698. The Morgan fingerprint density at radius 2 is 2.00 bits per heavy atom. The molecule has 0 amide bonds. The number of carbonyl (C=O) groups is 1. The maximum Gasteiger partial charge on any atom is 0.337 e. The van der Waals surface area contributed by atoms with Gasteiger partial charge in [-0.2, -0.15) is 0 Å². The van der Waals surface area contributed by atoms with Crippen LogP contribution in [0.3, 0.4) is 0 Å². The van der Waals surface area contributed by atoms with Gasteiger partial charge < -0.3 is 16.2 Å². The van der Waals surface area contributed by atoms with E-state index in [1.54, 1.807) is 24.3 Å². The normalized spacial score (nSPS) is 10.2. The highest BCUT2D eigenvalue weighted by Gasteiger charge is 2.11. The monoisotopic (exact) mass is 340 g/mol. The summed E-state index contributed by atoms with van der Waals surface area (Å²) in [6.07, 6.45) is 0. The number of nitrogen functional groups attached to an aromatic ring is 1. The lowest BCUT2D eigenvalue weighted by Crippen LogP contribution is -2.05. The molecule has 98 valence electrons. The number of hydrogen-bond acceptors (Lipinski definition) is 3. The fraction of sp³-hybridized carbons (Fsp3) is 0. The number of halogens is 2. The lowest BCUT2D eigenvalue weighted by Gasteiger charge is -2.12. The summed E-state index contributed by atoms with van der Waals surface area (Å²) in [5.41, 5.74) is 7.20. The summed E-state index contributed by atoms with van der Waals surface area (Å²) < 4.78 is 0.857. The predicted octanol–water partition coefficient (Wildman–Crippen LogP) is 4.13. The smallest absolute Gasteiger partial charge is 0.337 e. The minimum absolute atomic E-state index is 0.0539. The van der Waals surface area contributed by atoms with Gasteiger partial charge in [-0.1, -0.05) is 33.6 Å². The van der Waals surface area contributed by atoms with Crippen LogP contribution in [0, 0.1) is 0 Å². The molecule has 0 heterocycles. The van der Waals surface area contributed by atoms with E-state index in [0.29, 0.717) is 16.4 Å². The second-order valence-corrected chi connectivity index (χ2v) is 5.14. The summed E-state index contributed by atoms with van der Waals surface area (Å²) in [5.74, 6) is -1.07. The number of carboxylic acid groups (broad SMARTS) is 1. The maximum atomic E-state index is 11.0. The molecule has 0 spiro atoms. The van der Waals surface area contributed by atoms with Crippen LogP contribution in [0.25, 0.3) is 0 Å². The van der Waals surface area contributed by atoms with E-state index in [1.165, 1.54) is 6.07 Å². The first-order chi connectivity index (χ1) is 8.99. The molecule has 0 aliphatic heterocycles. The molecule has 0 aliphatic rings. The van der Waals surface area contributed by atoms with Gasteiger partial charge in [-0.25, -0.2) is 4.79 Å². The van der Waals surface area contributed by atoms with Crippen molar-refractivity contribution in [2.24, 2.45) is 0 Å². The van der Waals surface area contributed by atoms with Gasteiger partial charge >= 0.3 is 5.97 Å². The number of carboxylic acids is 1. The van der Waals surface area contributed by atoms with E-state index in [0.717, 1.165) is 4.47 Å². The summed E-state index contributed by atoms with van der Waals surface area (Å²) in [7, 11) is 0. The van der Waals surface area contributed by atoms with Crippen LogP contribution in [0.2, 0.25) is 5.02 Å². The Labute approximate surface area is 123 Å². The van der Waals surface area contributed by atoms with Crippen LogP contribution in [-0.4, -0.2) is 11.1 Å². The van der Waals surface area contributed by atoms with E-state index in [9.17, 15) is 4.79 Å². The zero-order chi connectivity index (χ0) is 14.0. The van der Waals surface area contributed by atoms with Crippen molar-refractivity contribution >= 4 is 50.6 Å². The molecule has 0 aromatic heterocycles. The van der Waals surface area contributed by atoms with Gasteiger partial charge in [-0.05, 0) is 30.3 Å². The highest BCUT2D eigenvalue weighted by atomic mass is 79.9. The second-order valence-electron chi connectivity index (χ2n) is 3.82. The summed E-state index contributed by atoms with van der Waals surface area (Å²) >= 11 is 9.40. The maximum absolute atomic E-state index is 11.0. The molecule has 0 radical (unpaired) electrons. The van der Waals surface area contributed by atoms with Crippen LogP contribution >= 0.6 is 27.5 Å². The van der Waals surface area contributed by atoms with Gasteiger partial charge in [-0.3, -0.25) is 0 Å². The van der Waals surface area contributed by atoms with Gasteiger partial charge in [0.1, 0.15) is 0 Å². The molecule has 0 unspecified atom stereocenters. The number of nitrogens with two attached hydrogens (primary N) is 1. The number of benzene rings is 2. The average Bonchev–Trinajstić information content (AvgIpc) is 2.34. The van der Waals surface area contributed by atoms with Crippen molar-refractivity contribution in [2.45, 2.75) is 0 Å². The van der Waals surface area contributed by atoms with Gasteiger partial charge in [-0.15, -0.1) is 0 Å². The third-order valence-electron chi connectivity index (χ3n) is 2.54. The Kier molecular flexibility index (Phi) is 3.97. The van der Waals surface area contributed by atoms with Gasteiger partial charge in [0.25, 0.3) is 0 Å². The lowest BCUT2D eigenvalue weighted by atomic mass is 10.1. The van der Waals surface area contributed by atoms with Crippen molar-refractivity contribution in [3.8, 4) is 0 Å². The van der Waals surface area contributed by atoms with E-state index >= 15 is 0 Å². The molecule has 19 heavy (non-hydrogen) atoms. The van der Waals surface area contributed by atoms with Crippen LogP contribution in [0.5, 0.6) is 0 Å². The van der Waals surface area contributed by atoms with Crippen molar-refractivity contribution in [3.63, 3.8) is 0 Å². The van der Waals surface area contributed by atoms with Gasteiger partial charge in [0, 0.05) is 4.47 Å². The number of rotatable bonds is 3. The highest BCUT2D eigenvalue weighted by Crippen LogP contribution is 2.31. The van der Waals surface area contributed by atoms with Gasteiger partial charge in [0.15, 0.2) is 0 Å². The molecule has 0 aliphatic carbocycles. The molecular weight excluding hydrogens is 332 g/mol. The van der Waals surface area contributed by atoms with Crippen molar-refractivity contribution < 1.29 is 9.90 Å². The number of aromatic carboxylic acids is 1. The highest BCUT2D eigenvalue weighted by molar-refractivity contribution is 9.10. The van der Waals surface area contributed by atoms with Crippen LogP contribution in [0.15, 0.2) is 40.9 Å². The van der Waals surface area contributed by atoms with E-state index in [4.69, 9.17) is 22.4 Å². The predicted molar refractivity (Wildman–Crippen MR) is 80.2 cm³/mol. The molecule has 0 fully saturated rings. The molecule has 0 saturated heterocycles. The van der Waals surface area contributed by atoms with Crippen molar-refractivity contribution in [3.05, 3.63) is 51.5 Å². The topological polar surface area (TPSA) is 75.3 Å². The molecule has 6 heteroatoms. The quantitative estimate of drug-likeness (QED) is 0.734. The Morgan fingerprint density at radius 1 is 1.26 bits per heavy atom. The van der Waals surface area contributed by atoms with Crippen LogP contribution < -0.4 is 11.1 Å². The number of para-hydroxylation sites is 1. The van der Waals surface area contributed by atoms with Crippen LogP contribution in [0.1, 0.15) is 10.4 Å². The standard InChI is InChI=1S/C13H10BrClN2O2/c14-7-4-5-10(9(15)6-7)17-11-3-1-2-8(12(11)16)13(18)19/h1-6,17H,16H2,(H,18,19). The van der Waals surface area contributed by atoms with Crippen molar-refractivity contribution in [1.29, 1.82) is 0 Å². The van der Waals surface area contributed by atoms with E-state index in [-0.39, 0.29) is 11.3 Å². The molecule has 2 aromatic carbocycles. The Balaban J connectivity index is 2.38. The average molecular weight is 342 g/mol. The van der Waals surface area contributed by atoms with Crippen molar-refractivity contribution in [1.82, 2.24) is 0 Å². The fourth-order valence-corrected chi connectivity index (χ4v) is 2.32.